The summed E-state index contributed by atoms with van der Waals surface area (Å²) in [4.78, 5) is 17.3. The van der Waals surface area contributed by atoms with E-state index in [2.05, 4.69) is 4.99 Å². The van der Waals surface area contributed by atoms with E-state index < -0.39 is 23.2 Å². The number of alkyl halides is 3. The van der Waals surface area contributed by atoms with Gasteiger partial charge in [0.2, 0.25) is 5.88 Å². The average Bonchev–Trinajstić information content (AvgIpc) is 2.73. The predicted molar refractivity (Wildman–Crippen MR) is 112 cm³/mol. The van der Waals surface area contributed by atoms with Crippen LogP contribution in [0.15, 0.2) is 82.6 Å². The van der Waals surface area contributed by atoms with Crippen LogP contribution in [-0.2, 0) is 6.18 Å². The van der Waals surface area contributed by atoms with Crippen molar-refractivity contribution in [2.45, 2.75) is 6.18 Å². The maximum atomic E-state index is 13.2. The SMILES string of the molecule is O=c1c2ccccc2c(C=Nc2cccc(O)c2)c(O)n1-c1cccc(C(F)(F)F)c1. The second-order valence-electron chi connectivity index (χ2n) is 6.75. The maximum absolute atomic E-state index is 13.2. The fourth-order valence-electron chi connectivity index (χ4n) is 3.26. The van der Waals surface area contributed by atoms with E-state index in [-0.39, 0.29) is 22.4 Å². The lowest BCUT2D eigenvalue weighted by Gasteiger charge is -2.15. The third-order valence-electron chi connectivity index (χ3n) is 4.71. The molecule has 0 radical (unpaired) electrons. The number of benzene rings is 3. The van der Waals surface area contributed by atoms with Crippen LogP contribution in [0.25, 0.3) is 16.5 Å². The summed E-state index contributed by atoms with van der Waals surface area (Å²) in [7, 11) is 0. The van der Waals surface area contributed by atoms with E-state index in [1.54, 1.807) is 30.3 Å². The van der Waals surface area contributed by atoms with Crippen LogP contribution in [0.1, 0.15) is 11.1 Å². The van der Waals surface area contributed by atoms with Crippen molar-refractivity contribution in [2.24, 2.45) is 4.99 Å². The summed E-state index contributed by atoms with van der Waals surface area (Å²) in [5.74, 6) is -0.551. The lowest BCUT2D eigenvalue weighted by Crippen LogP contribution is -2.20. The molecule has 4 rings (SSSR count). The van der Waals surface area contributed by atoms with Gasteiger partial charge in [0.05, 0.1) is 22.5 Å². The molecule has 156 valence electrons. The topological polar surface area (TPSA) is 74.8 Å². The molecular weight excluding hydrogens is 409 g/mol. The van der Waals surface area contributed by atoms with Gasteiger partial charge >= 0.3 is 6.18 Å². The summed E-state index contributed by atoms with van der Waals surface area (Å²) in [6.45, 7) is 0. The summed E-state index contributed by atoms with van der Waals surface area (Å²) >= 11 is 0. The normalized spacial score (nSPS) is 12.0. The highest BCUT2D eigenvalue weighted by Crippen LogP contribution is 2.32. The number of fused-ring (bicyclic) bond motifs is 1. The number of halogens is 3. The molecule has 0 saturated carbocycles. The molecule has 0 saturated heterocycles. The highest BCUT2D eigenvalue weighted by atomic mass is 19.4. The molecule has 4 aromatic rings. The van der Waals surface area contributed by atoms with E-state index in [1.807, 2.05) is 0 Å². The first-order valence-electron chi connectivity index (χ1n) is 9.13. The molecule has 0 fully saturated rings. The molecule has 0 aliphatic heterocycles. The number of rotatable bonds is 3. The Labute approximate surface area is 174 Å². The zero-order chi connectivity index (χ0) is 22.2. The summed E-state index contributed by atoms with van der Waals surface area (Å²) in [5.41, 5.74) is -1.20. The zero-order valence-electron chi connectivity index (χ0n) is 15.8. The monoisotopic (exact) mass is 424 g/mol. The molecular formula is C23H15F3N2O3. The fraction of sp³-hybridized carbons (Fsp3) is 0.0435. The number of aromatic hydroxyl groups is 2. The van der Waals surface area contributed by atoms with Crippen molar-refractivity contribution in [3.8, 4) is 17.3 Å². The Hall–Kier alpha value is -4.07. The minimum Gasteiger partial charge on any atom is -0.508 e. The van der Waals surface area contributed by atoms with Crippen molar-refractivity contribution < 1.29 is 23.4 Å². The van der Waals surface area contributed by atoms with Crippen LogP contribution in [0.3, 0.4) is 0 Å². The Morgan fingerprint density at radius 2 is 1.58 bits per heavy atom. The lowest BCUT2D eigenvalue weighted by atomic mass is 10.1. The van der Waals surface area contributed by atoms with Crippen LogP contribution in [0, 0.1) is 0 Å². The second-order valence-corrected chi connectivity index (χ2v) is 6.75. The van der Waals surface area contributed by atoms with Crippen molar-refractivity contribution in [3.05, 3.63) is 94.3 Å². The van der Waals surface area contributed by atoms with Crippen LogP contribution in [0.2, 0.25) is 0 Å². The number of aliphatic imine (C=N–C) groups is 1. The van der Waals surface area contributed by atoms with Crippen molar-refractivity contribution in [1.29, 1.82) is 0 Å². The van der Waals surface area contributed by atoms with E-state index in [9.17, 15) is 28.2 Å². The van der Waals surface area contributed by atoms with Crippen LogP contribution in [-0.4, -0.2) is 21.0 Å². The Morgan fingerprint density at radius 3 is 2.29 bits per heavy atom. The number of phenols is 1. The summed E-state index contributed by atoms with van der Waals surface area (Å²) in [6.07, 6.45) is -3.30. The molecule has 0 bridgehead atoms. The first-order chi connectivity index (χ1) is 14.8. The van der Waals surface area contributed by atoms with E-state index in [0.717, 1.165) is 16.7 Å². The van der Waals surface area contributed by atoms with Gasteiger partial charge in [0.1, 0.15) is 5.75 Å². The van der Waals surface area contributed by atoms with Crippen LogP contribution < -0.4 is 5.56 Å². The van der Waals surface area contributed by atoms with Gasteiger partial charge in [0, 0.05) is 23.1 Å². The zero-order valence-corrected chi connectivity index (χ0v) is 15.8. The summed E-state index contributed by atoms with van der Waals surface area (Å²) in [6, 6.07) is 16.7. The van der Waals surface area contributed by atoms with Crippen LogP contribution >= 0.6 is 0 Å². The van der Waals surface area contributed by atoms with Crippen molar-refractivity contribution >= 4 is 22.7 Å². The van der Waals surface area contributed by atoms with E-state index in [0.29, 0.717) is 11.1 Å². The fourth-order valence-corrected chi connectivity index (χ4v) is 3.26. The smallest absolute Gasteiger partial charge is 0.416 e. The molecule has 0 amide bonds. The predicted octanol–water partition coefficient (Wildman–Crippen LogP) is 5.17. The molecule has 1 aromatic heterocycles. The lowest BCUT2D eigenvalue weighted by molar-refractivity contribution is -0.137. The first kappa shape index (κ1) is 20.2. The molecule has 31 heavy (non-hydrogen) atoms. The third kappa shape index (κ3) is 3.87. The first-order valence-corrected chi connectivity index (χ1v) is 9.13. The second kappa shape index (κ2) is 7.64. The molecule has 8 heteroatoms. The Kier molecular flexibility index (Phi) is 4.98. The van der Waals surface area contributed by atoms with Crippen LogP contribution in [0.5, 0.6) is 11.6 Å². The van der Waals surface area contributed by atoms with Gasteiger partial charge in [-0.05, 0) is 36.4 Å². The van der Waals surface area contributed by atoms with E-state index >= 15 is 0 Å². The van der Waals surface area contributed by atoms with Gasteiger partial charge in [0.25, 0.3) is 5.56 Å². The molecule has 0 unspecified atom stereocenters. The Bertz CT molecular complexity index is 1370. The molecule has 3 aromatic carbocycles. The third-order valence-corrected chi connectivity index (χ3v) is 4.71. The number of hydrogen-bond acceptors (Lipinski definition) is 4. The molecule has 5 nitrogen and oxygen atoms in total. The highest BCUT2D eigenvalue weighted by molar-refractivity contribution is 6.02. The van der Waals surface area contributed by atoms with Crippen molar-refractivity contribution in [3.63, 3.8) is 0 Å². The molecule has 0 atom stereocenters. The average molecular weight is 424 g/mol. The number of phenolic OH excluding ortho intramolecular Hbond substituents is 1. The van der Waals surface area contributed by atoms with E-state index in [4.69, 9.17) is 0 Å². The molecule has 0 aliphatic carbocycles. The minimum absolute atomic E-state index is 0.00216. The number of hydrogen-bond donors (Lipinski definition) is 2. The Balaban J connectivity index is 1.97. The van der Waals surface area contributed by atoms with Gasteiger partial charge in [-0.3, -0.25) is 9.79 Å². The molecule has 0 spiro atoms. The van der Waals surface area contributed by atoms with E-state index in [1.165, 1.54) is 36.5 Å². The number of pyridine rings is 1. The van der Waals surface area contributed by atoms with Gasteiger partial charge in [-0.1, -0.05) is 30.3 Å². The molecule has 0 aliphatic rings. The maximum Gasteiger partial charge on any atom is 0.416 e. The standard InChI is InChI=1S/C23H15F3N2O3/c24-23(25,26)14-5-3-7-16(11-14)28-21(30)19-10-2-1-9-18(19)20(22(28)31)13-27-15-6-4-8-17(29)12-15/h1-13,29,31H. The quantitative estimate of drug-likeness (QED) is 0.446. The number of nitrogens with zero attached hydrogens (tertiary/aromatic N) is 2. The van der Waals surface area contributed by atoms with Gasteiger partial charge in [-0.2, -0.15) is 13.2 Å². The minimum atomic E-state index is -4.61. The largest absolute Gasteiger partial charge is 0.508 e. The highest BCUT2D eigenvalue weighted by Gasteiger charge is 2.31. The summed E-state index contributed by atoms with van der Waals surface area (Å²) in [5, 5.41) is 21.1. The van der Waals surface area contributed by atoms with Gasteiger partial charge < -0.3 is 10.2 Å². The van der Waals surface area contributed by atoms with Crippen LogP contribution in [0.4, 0.5) is 18.9 Å². The molecule has 2 N–H and O–H groups in total. The van der Waals surface area contributed by atoms with Gasteiger partial charge in [-0.25, -0.2) is 4.57 Å². The van der Waals surface area contributed by atoms with Crippen molar-refractivity contribution in [2.75, 3.05) is 0 Å². The molecule has 1 heterocycles. The Morgan fingerprint density at radius 1 is 0.871 bits per heavy atom. The number of aromatic nitrogens is 1. The summed E-state index contributed by atoms with van der Waals surface area (Å²) < 4.78 is 40.3. The van der Waals surface area contributed by atoms with Gasteiger partial charge in [-0.15, -0.1) is 0 Å². The van der Waals surface area contributed by atoms with Crippen molar-refractivity contribution in [1.82, 2.24) is 4.57 Å². The van der Waals surface area contributed by atoms with Gasteiger partial charge in [0.15, 0.2) is 0 Å².